The maximum Gasteiger partial charge on any atom is -0.0303 e. The van der Waals surface area contributed by atoms with Gasteiger partial charge in [-0.2, -0.15) is 0 Å². The van der Waals surface area contributed by atoms with Crippen LogP contribution in [0.4, 0.5) is 0 Å². The molecule has 0 heterocycles. The zero-order valence-corrected chi connectivity index (χ0v) is 11.2. The summed E-state index contributed by atoms with van der Waals surface area (Å²) in [5.74, 6) is 0. The lowest BCUT2D eigenvalue weighted by molar-refractivity contribution is 0.0840. The lowest BCUT2D eigenvalue weighted by atomic mass is 9.63. The fraction of sp³-hybridized carbons (Fsp3) is 1.00. The summed E-state index contributed by atoms with van der Waals surface area (Å²) in [6.07, 6.45) is 8.18. The van der Waals surface area contributed by atoms with E-state index in [9.17, 15) is 0 Å². The first-order valence-electron chi connectivity index (χ1n) is 6.37. The van der Waals surface area contributed by atoms with E-state index in [1.807, 2.05) is 0 Å². The smallest absolute Gasteiger partial charge is 0.0303 e. The first-order chi connectivity index (χ1) is 6.37. The third kappa shape index (κ3) is 4.02. The Morgan fingerprint density at radius 3 is 1.57 bits per heavy atom. The minimum atomic E-state index is 0.496. The summed E-state index contributed by atoms with van der Waals surface area (Å²) in [5, 5.41) is 0. The highest BCUT2D eigenvalue weighted by Gasteiger charge is 2.35. The van der Waals surface area contributed by atoms with Crippen molar-refractivity contribution in [3.05, 3.63) is 0 Å². The molecule has 0 heteroatoms. The third-order valence-electron chi connectivity index (χ3n) is 4.11. The molecule has 0 amide bonds. The van der Waals surface area contributed by atoms with Crippen LogP contribution in [0.1, 0.15) is 80.1 Å². The fourth-order valence-corrected chi connectivity index (χ4v) is 2.12. The van der Waals surface area contributed by atoms with Gasteiger partial charge >= 0.3 is 0 Å². The Morgan fingerprint density at radius 1 is 0.643 bits per heavy atom. The zero-order valence-electron chi connectivity index (χ0n) is 11.2. The predicted molar refractivity (Wildman–Crippen MR) is 66.6 cm³/mol. The van der Waals surface area contributed by atoms with Gasteiger partial charge in [-0.05, 0) is 23.7 Å². The molecule has 0 saturated carbocycles. The molecule has 0 N–H and O–H groups in total. The third-order valence-corrected chi connectivity index (χ3v) is 4.11. The van der Waals surface area contributed by atoms with Gasteiger partial charge < -0.3 is 0 Å². The van der Waals surface area contributed by atoms with Crippen LogP contribution in [-0.2, 0) is 0 Å². The molecule has 0 aromatic rings. The van der Waals surface area contributed by atoms with E-state index in [1.54, 1.807) is 0 Å². The van der Waals surface area contributed by atoms with Crippen molar-refractivity contribution in [1.29, 1.82) is 0 Å². The Labute approximate surface area is 91.5 Å². The quantitative estimate of drug-likeness (QED) is 0.479. The molecule has 0 aliphatic heterocycles. The van der Waals surface area contributed by atoms with E-state index in [1.165, 1.54) is 38.5 Å². The number of hydrogen-bond donors (Lipinski definition) is 0. The van der Waals surface area contributed by atoms with Crippen LogP contribution in [0.15, 0.2) is 0 Å². The van der Waals surface area contributed by atoms with Crippen LogP contribution in [0.25, 0.3) is 0 Å². The second kappa shape index (κ2) is 5.78. The Balaban J connectivity index is 4.13. The lowest BCUT2D eigenvalue weighted by Gasteiger charge is -2.42. The normalized spacial score (nSPS) is 13.3. The summed E-state index contributed by atoms with van der Waals surface area (Å²) < 4.78 is 0. The van der Waals surface area contributed by atoms with Crippen molar-refractivity contribution in [2.75, 3.05) is 0 Å². The van der Waals surface area contributed by atoms with Crippen LogP contribution in [0, 0.1) is 10.8 Å². The number of hydrogen-bond acceptors (Lipinski definition) is 0. The van der Waals surface area contributed by atoms with Crippen molar-refractivity contribution in [2.45, 2.75) is 80.1 Å². The largest absolute Gasteiger partial charge is 0.0654 e. The minimum Gasteiger partial charge on any atom is -0.0654 e. The van der Waals surface area contributed by atoms with Gasteiger partial charge in [-0.1, -0.05) is 67.2 Å². The van der Waals surface area contributed by atoms with E-state index in [0.717, 1.165) is 0 Å². The molecular weight excluding hydrogens is 168 g/mol. The van der Waals surface area contributed by atoms with Gasteiger partial charge in [0.25, 0.3) is 0 Å². The zero-order chi connectivity index (χ0) is 11.2. The standard InChI is InChI=1S/C14H30/c1-7-9-10-12-14(5,6)13(3,4)11-8-2/h7-12H2,1-6H3. The molecule has 0 atom stereocenters. The minimum absolute atomic E-state index is 0.496. The van der Waals surface area contributed by atoms with Crippen LogP contribution in [0.5, 0.6) is 0 Å². The van der Waals surface area contributed by atoms with Crippen molar-refractivity contribution in [3.8, 4) is 0 Å². The summed E-state index contributed by atoms with van der Waals surface area (Å²) >= 11 is 0. The molecule has 0 aromatic heterocycles. The number of rotatable bonds is 7. The average Bonchev–Trinajstić information content (AvgIpc) is 2.04. The maximum absolute atomic E-state index is 2.44. The molecule has 0 aliphatic rings. The highest BCUT2D eigenvalue weighted by molar-refractivity contribution is 4.85. The first-order valence-corrected chi connectivity index (χ1v) is 6.37. The van der Waals surface area contributed by atoms with Crippen molar-refractivity contribution in [2.24, 2.45) is 10.8 Å². The molecule has 14 heavy (non-hydrogen) atoms. The molecular formula is C14H30. The molecule has 0 fully saturated rings. The molecule has 0 unspecified atom stereocenters. The molecule has 0 spiro atoms. The van der Waals surface area contributed by atoms with Crippen LogP contribution in [-0.4, -0.2) is 0 Å². The van der Waals surface area contributed by atoms with Crippen molar-refractivity contribution >= 4 is 0 Å². The van der Waals surface area contributed by atoms with Gasteiger partial charge in [0.15, 0.2) is 0 Å². The SMILES string of the molecule is CCCCCC(C)(C)C(C)(C)CCC. The van der Waals surface area contributed by atoms with Gasteiger partial charge in [0.2, 0.25) is 0 Å². The van der Waals surface area contributed by atoms with E-state index in [2.05, 4.69) is 41.5 Å². The van der Waals surface area contributed by atoms with Gasteiger partial charge in [0, 0.05) is 0 Å². The maximum atomic E-state index is 2.44. The van der Waals surface area contributed by atoms with E-state index in [4.69, 9.17) is 0 Å². The van der Waals surface area contributed by atoms with Crippen molar-refractivity contribution < 1.29 is 0 Å². The van der Waals surface area contributed by atoms with E-state index in [-0.39, 0.29) is 0 Å². The highest BCUT2D eigenvalue weighted by Crippen LogP contribution is 2.45. The van der Waals surface area contributed by atoms with Gasteiger partial charge in [-0.3, -0.25) is 0 Å². The predicted octanol–water partition coefficient (Wildman–Crippen LogP) is 5.42. The fourth-order valence-electron chi connectivity index (χ4n) is 2.12. The second-order valence-electron chi connectivity index (χ2n) is 5.97. The summed E-state index contributed by atoms with van der Waals surface area (Å²) in [6, 6.07) is 0. The molecule has 0 radical (unpaired) electrons. The van der Waals surface area contributed by atoms with Crippen LogP contribution in [0.3, 0.4) is 0 Å². The van der Waals surface area contributed by atoms with Crippen LogP contribution in [0.2, 0.25) is 0 Å². The molecule has 0 nitrogen and oxygen atoms in total. The molecule has 0 aromatic carbocycles. The Hall–Kier alpha value is 0. The molecule has 0 aliphatic carbocycles. The van der Waals surface area contributed by atoms with Crippen molar-refractivity contribution in [3.63, 3.8) is 0 Å². The Morgan fingerprint density at radius 2 is 1.14 bits per heavy atom. The van der Waals surface area contributed by atoms with E-state index < -0.39 is 0 Å². The summed E-state index contributed by atoms with van der Waals surface area (Å²) in [6.45, 7) is 14.3. The monoisotopic (exact) mass is 198 g/mol. The molecule has 0 saturated heterocycles. The van der Waals surface area contributed by atoms with E-state index >= 15 is 0 Å². The Bertz CT molecular complexity index is 142. The molecule has 0 bridgehead atoms. The molecule has 0 rings (SSSR count). The van der Waals surface area contributed by atoms with Gasteiger partial charge in [0.05, 0.1) is 0 Å². The summed E-state index contributed by atoms with van der Waals surface area (Å²) in [4.78, 5) is 0. The average molecular weight is 198 g/mol. The first kappa shape index (κ1) is 14.0. The second-order valence-corrected chi connectivity index (χ2v) is 5.97. The van der Waals surface area contributed by atoms with Crippen LogP contribution >= 0.6 is 0 Å². The van der Waals surface area contributed by atoms with Crippen molar-refractivity contribution in [1.82, 2.24) is 0 Å². The summed E-state index contributed by atoms with van der Waals surface area (Å²) in [5.41, 5.74) is 0.994. The Kier molecular flexibility index (Phi) is 5.78. The van der Waals surface area contributed by atoms with Crippen LogP contribution < -0.4 is 0 Å². The highest BCUT2D eigenvalue weighted by atomic mass is 14.4. The molecule has 86 valence electrons. The lowest BCUT2D eigenvalue weighted by Crippen LogP contribution is -2.32. The van der Waals surface area contributed by atoms with Gasteiger partial charge in [0.1, 0.15) is 0 Å². The number of unbranched alkanes of at least 4 members (excludes halogenated alkanes) is 2. The van der Waals surface area contributed by atoms with Gasteiger partial charge in [-0.15, -0.1) is 0 Å². The topological polar surface area (TPSA) is 0 Å². The van der Waals surface area contributed by atoms with E-state index in [0.29, 0.717) is 10.8 Å². The van der Waals surface area contributed by atoms with Gasteiger partial charge in [-0.25, -0.2) is 0 Å². The summed E-state index contributed by atoms with van der Waals surface area (Å²) in [7, 11) is 0.